The van der Waals surface area contributed by atoms with Crippen LogP contribution in [0.15, 0.2) is 23.9 Å². The van der Waals surface area contributed by atoms with E-state index in [0.717, 1.165) is 12.2 Å². The van der Waals surface area contributed by atoms with E-state index in [4.69, 9.17) is 5.11 Å². The molecule has 2 atom stereocenters. The maximum Gasteiger partial charge on any atom is 0.429 e. The summed E-state index contributed by atoms with van der Waals surface area (Å²) in [6.07, 6.45) is 2.50. The van der Waals surface area contributed by atoms with Crippen LogP contribution in [-0.2, 0) is 4.79 Å². The van der Waals surface area contributed by atoms with Gasteiger partial charge in [-0.3, -0.25) is 25.0 Å². The molecule has 9 nitrogen and oxygen atoms in total. The molecule has 9 heteroatoms. The SMILES string of the molecule is O=C(O)C1C=CC=C([N+](=O)[O-])C1(O)[N+](=O)[O-]. The first-order valence-electron chi connectivity index (χ1n) is 3.94. The van der Waals surface area contributed by atoms with Crippen molar-refractivity contribution in [3.8, 4) is 0 Å². The van der Waals surface area contributed by atoms with E-state index in [2.05, 4.69) is 0 Å². The van der Waals surface area contributed by atoms with Gasteiger partial charge in [-0.15, -0.1) is 0 Å². The van der Waals surface area contributed by atoms with Crippen LogP contribution in [0.2, 0.25) is 0 Å². The quantitative estimate of drug-likeness (QED) is 0.373. The molecule has 1 rings (SSSR count). The second kappa shape index (κ2) is 3.70. The Hall–Kier alpha value is -2.29. The summed E-state index contributed by atoms with van der Waals surface area (Å²) >= 11 is 0. The van der Waals surface area contributed by atoms with Crippen LogP contribution in [0.5, 0.6) is 0 Å². The van der Waals surface area contributed by atoms with Crippen molar-refractivity contribution in [2.75, 3.05) is 0 Å². The largest absolute Gasteiger partial charge is 0.481 e. The molecule has 1 aliphatic rings. The number of nitrogens with zero attached hydrogens (tertiary/aromatic N) is 2. The second-order valence-corrected chi connectivity index (χ2v) is 2.99. The van der Waals surface area contributed by atoms with Gasteiger partial charge in [0.25, 0.3) is 0 Å². The number of rotatable bonds is 3. The topological polar surface area (TPSA) is 144 Å². The molecule has 0 aromatic rings. The van der Waals surface area contributed by atoms with Gasteiger partial charge in [-0.05, 0) is 0 Å². The average Bonchev–Trinajstić information content (AvgIpc) is 2.16. The third-order valence-corrected chi connectivity index (χ3v) is 2.11. The summed E-state index contributed by atoms with van der Waals surface area (Å²) in [6.45, 7) is 0. The van der Waals surface area contributed by atoms with Crippen LogP contribution in [0.4, 0.5) is 0 Å². The lowest BCUT2D eigenvalue weighted by Crippen LogP contribution is -2.52. The van der Waals surface area contributed by atoms with Gasteiger partial charge in [0.2, 0.25) is 0 Å². The van der Waals surface area contributed by atoms with E-state index >= 15 is 0 Å². The predicted octanol–water partition coefficient (Wildman–Crippen LogP) is -0.617. The molecule has 0 aromatic carbocycles. The zero-order chi connectivity index (χ0) is 12.5. The number of aliphatic hydroxyl groups is 1. The molecule has 0 aromatic heterocycles. The third-order valence-electron chi connectivity index (χ3n) is 2.11. The van der Waals surface area contributed by atoms with Crippen molar-refractivity contribution in [2.24, 2.45) is 5.92 Å². The van der Waals surface area contributed by atoms with Crippen LogP contribution < -0.4 is 0 Å². The van der Waals surface area contributed by atoms with E-state index in [9.17, 15) is 30.1 Å². The van der Waals surface area contributed by atoms with Gasteiger partial charge in [-0.1, -0.05) is 12.2 Å². The Morgan fingerprint density at radius 3 is 2.38 bits per heavy atom. The highest BCUT2D eigenvalue weighted by atomic mass is 16.7. The first kappa shape index (κ1) is 11.8. The van der Waals surface area contributed by atoms with Crippen LogP contribution in [0.3, 0.4) is 0 Å². The summed E-state index contributed by atoms with van der Waals surface area (Å²) in [7, 11) is 0. The van der Waals surface area contributed by atoms with Crippen molar-refractivity contribution in [1.29, 1.82) is 0 Å². The standard InChI is InChI=1S/C7H6N2O7/c10-6(11)4-2-1-3-5(8(13)14)7(4,12)9(15)16/h1-4,12H,(H,10,11). The zero-order valence-corrected chi connectivity index (χ0v) is 7.64. The first-order valence-corrected chi connectivity index (χ1v) is 3.94. The smallest absolute Gasteiger partial charge is 0.429 e. The Kier molecular flexibility index (Phi) is 2.72. The molecule has 0 amide bonds. The highest BCUT2D eigenvalue weighted by Gasteiger charge is 2.63. The number of nitro groups is 2. The summed E-state index contributed by atoms with van der Waals surface area (Å²) in [5.41, 5.74) is -4.42. The second-order valence-electron chi connectivity index (χ2n) is 2.99. The van der Waals surface area contributed by atoms with Crippen molar-refractivity contribution >= 4 is 5.97 Å². The minimum absolute atomic E-state index is 0.697. The molecule has 2 N–H and O–H groups in total. The monoisotopic (exact) mass is 230 g/mol. The molecule has 0 aliphatic heterocycles. The fourth-order valence-electron chi connectivity index (χ4n) is 1.33. The van der Waals surface area contributed by atoms with Gasteiger partial charge in [0, 0.05) is 6.08 Å². The highest BCUT2D eigenvalue weighted by molar-refractivity contribution is 5.74. The van der Waals surface area contributed by atoms with Crippen molar-refractivity contribution in [3.63, 3.8) is 0 Å². The molecular formula is C7H6N2O7. The van der Waals surface area contributed by atoms with Crippen LogP contribution in [-0.4, -0.2) is 31.8 Å². The molecule has 1 aliphatic carbocycles. The lowest BCUT2D eigenvalue weighted by atomic mass is 9.89. The van der Waals surface area contributed by atoms with E-state index in [0.29, 0.717) is 6.08 Å². The van der Waals surface area contributed by atoms with Crippen molar-refractivity contribution < 1.29 is 24.9 Å². The maximum atomic E-state index is 10.7. The molecule has 0 heterocycles. The molecule has 16 heavy (non-hydrogen) atoms. The van der Waals surface area contributed by atoms with E-state index in [1.165, 1.54) is 0 Å². The fourth-order valence-corrected chi connectivity index (χ4v) is 1.33. The Bertz CT molecular complexity index is 426. The van der Waals surface area contributed by atoms with Crippen LogP contribution in [0.1, 0.15) is 0 Å². The minimum Gasteiger partial charge on any atom is -0.481 e. The van der Waals surface area contributed by atoms with Gasteiger partial charge in [0.05, 0.1) is 9.85 Å². The fraction of sp³-hybridized carbons (Fsp3) is 0.286. The van der Waals surface area contributed by atoms with Crippen LogP contribution in [0, 0.1) is 26.1 Å². The van der Waals surface area contributed by atoms with E-state index in [-0.39, 0.29) is 0 Å². The van der Waals surface area contributed by atoms with Crippen LogP contribution >= 0.6 is 0 Å². The van der Waals surface area contributed by atoms with Crippen molar-refractivity contribution in [3.05, 3.63) is 44.2 Å². The molecule has 0 radical (unpaired) electrons. The summed E-state index contributed by atoms with van der Waals surface area (Å²) in [6, 6.07) is 0. The third kappa shape index (κ3) is 1.52. The van der Waals surface area contributed by atoms with Crippen LogP contribution in [0.25, 0.3) is 0 Å². The Labute approximate surface area is 87.6 Å². The van der Waals surface area contributed by atoms with E-state index < -0.39 is 33.2 Å². The first-order chi connectivity index (χ1) is 7.31. The van der Waals surface area contributed by atoms with Gasteiger partial charge in [-0.25, -0.2) is 0 Å². The van der Waals surface area contributed by atoms with Crippen molar-refractivity contribution in [1.82, 2.24) is 0 Å². The number of carboxylic acid groups (broad SMARTS) is 1. The summed E-state index contributed by atoms with van der Waals surface area (Å²) < 4.78 is 0. The minimum atomic E-state index is -3.25. The Balaban J connectivity index is 3.36. The average molecular weight is 230 g/mol. The molecule has 86 valence electrons. The number of allylic oxidation sites excluding steroid dienone is 2. The lowest BCUT2D eigenvalue weighted by Gasteiger charge is -2.22. The predicted molar refractivity (Wildman–Crippen MR) is 47.3 cm³/mol. The zero-order valence-electron chi connectivity index (χ0n) is 7.64. The summed E-state index contributed by atoms with van der Waals surface area (Å²) in [5.74, 6) is -3.71. The normalized spacial score (nSPS) is 28.3. The summed E-state index contributed by atoms with van der Waals surface area (Å²) in [5, 5.41) is 39.3. The Morgan fingerprint density at radius 1 is 1.44 bits per heavy atom. The van der Waals surface area contributed by atoms with Gasteiger partial charge in [-0.2, -0.15) is 0 Å². The lowest BCUT2D eigenvalue weighted by molar-refractivity contribution is -0.650. The highest BCUT2D eigenvalue weighted by Crippen LogP contribution is 2.32. The molecule has 0 fully saturated rings. The number of hydrogen-bond acceptors (Lipinski definition) is 6. The molecular weight excluding hydrogens is 224 g/mol. The number of carboxylic acids is 1. The number of carbonyl (C=O) groups is 1. The molecule has 0 saturated carbocycles. The Morgan fingerprint density at radius 2 is 2.00 bits per heavy atom. The molecule has 0 saturated heterocycles. The molecule has 2 unspecified atom stereocenters. The van der Waals surface area contributed by atoms with Gasteiger partial charge < -0.3 is 10.2 Å². The van der Waals surface area contributed by atoms with E-state index in [1.54, 1.807) is 0 Å². The van der Waals surface area contributed by atoms with Crippen molar-refractivity contribution in [2.45, 2.75) is 5.72 Å². The van der Waals surface area contributed by atoms with E-state index in [1.807, 2.05) is 0 Å². The van der Waals surface area contributed by atoms with Gasteiger partial charge in [0.15, 0.2) is 5.92 Å². The molecule has 0 bridgehead atoms. The summed E-state index contributed by atoms with van der Waals surface area (Å²) in [4.78, 5) is 29.2. The number of aliphatic carboxylic acids is 1. The number of hydrogen-bond donors (Lipinski definition) is 2. The van der Waals surface area contributed by atoms with Gasteiger partial charge >= 0.3 is 17.4 Å². The van der Waals surface area contributed by atoms with Gasteiger partial charge in [0.1, 0.15) is 0 Å². The molecule has 0 spiro atoms. The maximum absolute atomic E-state index is 10.7.